The van der Waals surface area contributed by atoms with E-state index in [0.717, 1.165) is 5.56 Å². The van der Waals surface area contributed by atoms with E-state index in [1.165, 1.54) is 12.1 Å². The van der Waals surface area contributed by atoms with Crippen LogP contribution in [0.15, 0.2) is 36.4 Å². The third-order valence-electron chi connectivity index (χ3n) is 2.83. The van der Waals surface area contributed by atoms with Crippen molar-refractivity contribution in [3.8, 4) is 0 Å². The zero-order valence-corrected chi connectivity index (χ0v) is 10.6. The van der Waals surface area contributed by atoms with Crippen molar-refractivity contribution in [2.45, 2.75) is 6.92 Å². The Kier molecular flexibility index (Phi) is 3.79. The molecule has 0 radical (unpaired) electrons. The van der Waals surface area contributed by atoms with Crippen molar-refractivity contribution >= 4 is 17.3 Å². The van der Waals surface area contributed by atoms with Gasteiger partial charge < -0.3 is 5.73 Å². The number of halogens is 4. The van der Waals surface area contributed by atoms with Gasteiger partial charge in [-0.1, -0.05) is 29.8 Å². The lowest BCUT2D eigenvalue weighted by atomic mass is 10.1. The molecule has 5 heteroatoms. The molecule has 0 spiro atoms. The smallest absolute Gasteiger partial charge is 0.166 e. The summed E-state index contributed by atoms with van der Waals surface area (Å²) in [6, 6.07) is 7.28. The quantitative estimate of drug-likeness (QED) is 0.485. The third-order valence-corrected chi connectivity index (χ3v) is 2.83. The first kappa shape index (κ1) is 14.1. The van der Waals surface area contributed by atoms with Gasteiger partial charge in [0.1, 0.15) is 17.3 Å². The summed E-state index contributed by atoms with van der Waals surface area (Å²) in [5, 5.41) is 0. The first-order chi connectivity index (χ1) is 9.40. The van der Waals surface area contributed by atoms with Crippen molar-refractivity contribution in [2.75, 3.05) is 5.73 Å². The highest BCUT2D eigenvalue weighted by Crippen LogP contribution is 2.31. The number of anilines is 1. The number of benzene rings is 2. The highest BCUT2D eigenvalue weighted by Gasteiger charge is 2.15. The van der Waals surface area contributed by atoms with Crippen molar-refractivity contribution in [1.29, 1.82) is 0 Å². The standard InChI is InChI=1S/C15H11F4N/c1-8-2-4-9(5-3-8)13(18)14(19)10-6-11(16)15(20)12(17)7-10/h2-7H,20H2,1H3/b14-13+. The van der Waals surface area contributed by atoms with Crippen molar-refractivity contribution in [3.05, 3.63) is 64.7 Å². The van der Waals surface area contributed by atoms with E-state index < -0.39 is 34.5 Å². The van der Waals surface area contributed by atoms with Gasteiger partial charge >= 0.3 is 0 Å². The molecule has 0 fully saturated rings. The molecule has 0 atom stereocenters. The molecule has 2 aromatic rings. The fourth-order valence-electron chi connectivity index (χ4n) is 1.66. The lowest BCUT2D eigenvalue weighted by Gasteiger charge is -2.05. The second-order valence-corrected chi connectivity index (χ2v) is 4.35. The number of nitrogen functional groups attached to an aromatic ring is 1. The van der Waals surface area contributed by atoms with Gasteiger partial charge in [0.15, 0.2) is 11.7 Å². The maximum absolute atomic E-state index is 13.9. The zero-order chi connectivity index (χ0) is 14.9. The van der Waals surface area contributed by atoms with Crippen LogP contribution in [0.2, 0.25) is 0 Å². The summed E-state index contributed by atoms with van der Waals surface area (Å²) >= 11 is 0. The topological polar surface area (TPSA) is 26.0 Å². The van der Waals surface area contributed by atoms with Gasteiger partial charge in [0.2, 0.25) is 0 Å². The van der Waals surface area contributed by atoms with E-state index in [9.17, 15) is 17.6 Å². The molecular formula is C15H11F4N. The van der Waals surface area contributed by atoms with Gasteiger partial charge in [0, 0.05) is 11.1 Å². The van der Waals surface area contributed by atoms with Crippen LogP contribution in [0.1, 0.15) is 16.7 Å². The largest absolute Gasteiger partial charge is 0.394 e. The summed E-state index contributed by atoms with van der Waals surface area (Å²) in [5.41, 5.74) is 4.69. The molecule has 20 heavy (non-hydrogen) atoms. The maximum atomic E-state index is 13.9. The van der Waals surface area contributed by atoms with Gasteiger partial charge in [-0.2, -0.15) is 0 Å². The number of hydrogen-bond acceptors (Lipinski definition) is 1. The lowest BCUT2D eigenvalue weighted by molar-refractivity contribution is 0.588. The SMILES string of the molecule is Cc1ccc(/C(F)=C(\F)c2cc(F)c(N)c(F)c2)cc1. The molecule has 2 aromatic carbocycles. The molecule has 0 heterocycles. The van der Waals surface area contributed by atoms with Crippen LogP contribution in [-0.2, 0) is 0 Å². The molecule has 0 saturated heterocycles. The van der Waals surface area contributed by atoms with E-state index in [-0.39, 0.29) is 5.56 Å². The fraction of sp³-hybridized carbons (Fsp3) is 0.0667. The summed E-state index contributed by atoms with van der Waals surface area (Å²) in [7, 11) is 0. The predicted octanol–water partition coefficient (Wildman–Crippen LogP) is 4.62. The second kappa shape index (κ2) is 5.36. The van der Waals surface area contributed by atoms with Crippen molar-refractivity contribution in [2.24, 2.45) is 0 Å². The predicted molar refractivity (Wildman–Crippen MR) is 71.0 cm³/mol. The normalized spacial score (nSPS) is 12.2. The summed E-state index contributed by atoms with van der Waals surface area (Å²) in [5.74, 6) is -4.79. The van der Waals surface area contributed by atoms with Crippen LogP contribution in [0.25, 0.3) is 11.7 Å². The second-order valence-electron chi connectivity index (χ2n) is 4.35. The van der Waals surface area contributed by atoms with E-state index in [2.05, 4.69) is 0 Å². The monoisotopic (exact) mass is 281 g/mol. The number of hydrogen-bond donors (Lipinski definition) is 1. The molecule has 0 amide bonds. The molecule has 2 rings (SSSR count). The Morgan fingerprint density at radius 1 is 0.850 bits per heavy atom. The van der Waals surface area contributed by atoms with Crippen LogP contribution in [0, 0.1) is 18.6 Å². The number of aryl methyl sites for hydroxylation is 1. The minimum atomic E-state index is -1.34. The molecule has 0 aliphatic carbocycles. The molecule has 0 aliphatic rings. The Balaban J connectivity index is 2.50. The molecule has 0 saturated carbocycles. The van der Waals surface area contributed by atoms with Crippen LogP contribution in [0.4, 0.5) is 23.2 Å². The van der Waals surface area contributed by atoms with Gasteiger partial charge in [-0.3, -0.25) is 0 Å². The van der Waals surface area contributed by atoms with Gasteiger partial charge in [-0.05, 0) is 19.1 Å². The van der Waals surface area contributed by atoms with Crippen LogP contribution in [0.3, 0.4) is 0 Å². The molecular weight excluding hydrogens is 270 g/mol. The van der Waals surface area contributed by atoms with E-state index >= 15 is 0 Å². The molecule has 104 valence electrons. The highest BCUT2D eigenvalue weighted by molar-refractivity contribution is 5.83. The van der Waals surface area contributed by atoms with E-state index in [1.807, 2.05) is 0 Å². The summed E-state index contributed by atoms with van der Waals surface area (Å²) in [4.78, 5) is 0. The van der Waals surface area contributed by atoms with Crippen LogP contribution >= 0.6 is 0 Å². The summed E-state index contributed by atoms with van der Waals surface area (Å²) < 4.78 is 54.4. The lowest BCUT2D eigenvalue weighted by Crippen LogP contribution is -1.97. The van der Waals surface area contributed by atoms with Crippen LogP contribution in [-0.4, -0.2) is 0 Å². The van der Waals surface area contributed by atoms with E-state index in [4.69, 9.17) is 5.73 Å². The molecule has 1 nitrogen and oxygen atoms in total. The van der Waals surface area contributed by atoms with Crippen LogP contribution in [0.5, 0.6) is 0 Å². The average Bonchev–Trinajstić information content (AvgIpc) is 2.43. The number of nitrogens with two attached hydrogens (primary N) is 1. The fourth-order valence-corrected chi connectivity index (χ4v) is 1.66. The Labute approximate surface area is 113 Å². The maximum Gasteiger partial charge on any atom is 0.166 e. The van der Waals surface area contributed by atoms with Crippen molar-refractivity contribution < 1.29 is 17.6 Å². The Bertz CT molecular complexity index is 652. The summed E-state index contributed by atoms with van der Waals surface area (Å²) in [6.07, 6.45) is 0. The van der Waals surface area contributed by atoms with E-state index in [0.29, 0.717) is 12.1 Å². The first-order valence-electron chi connectivity index (χ1n) is 5.77. The van der Waals surface area contributed by atoms with E-state index in [1.54, 1.807) is 19.1 Å². The minimum Gasteiger partial charge on any atom is -0.394 e. The molecule has 0 unspecified atom stereocenters. The molecule has 0 aliphatic heterocycles. The number of rotatable bonds is 2. The van der Waals surface area contributed by atoms with Crippen LogP contribution < -0.4 is 5.73 Å². The third kappa shape index (κ3) is 2.66. The van der Waals surface area contributed by atoms with Crippen molar-refractivity contribution in [1.82, 2.24) is 0 Å². The van der Waals surface area contributed by atoms with Gasteiger partial charge in [-0.25, -0.2) is 17.6 Å². The Morgan fingerprint density at radius 3 is 1.80 bits per heavy atom. The van der Waals surface area contributed by atoms with Gasteiger partial charge in [-0.15, -0.1) is 0 Å². The first-order valence-corrected chi connectivity index (χ1v) is 5.77. The zero-order valence-electron chi connectivity index (χ0n) is 10.6. The van der Waals surface area contributed by atoms with Gasteiger partial charge in [0.05, 0.1) is 0 Å². The highest BCUT2D eigenvalue weighted by atomic mass is 19.2. The molecule has 2 N–H and O–H groups in total. The van der Waals surface area contributed by atoms with Crippen molar-refractivity contribution in [3.63, 3.8) is 0 Å². The summed E-state index contributed by atoms with van der Waals surface area (Å²) in [6.45, 7) is 1.80. The Morgan fingerprint density at radius 2 is 1.30 bits per heavy atom. The Hall–Kier alpha value is -2.30. The molecule has 0 aromatic heterocycles. The molecule has 0 bridgehead atoms. The average molecular weight is 281 g/mol. The minimum absolute atomic E-state index is 0.00857. The van der Waals surface area contributed by atoms with Gasteiger partial charge in [0.25, 0.3) is 0 Å².